The maximum Gasteiger partial charge on any atom is 0.272 e. The molecule has 128 valence electrons. The second-order valence-corrected chi connectivity index (χ2v) is 5.96. The fourth-order valence-electron chi connectivity index (χ4n) is 3.03. The van der Waals surface area contributed by atoms with Gasteiger partial charge in [-0.2, -0.15) is 0 Å². The first-order valence-corrected chi connectivity index (χ1v) is 8.38. The predicted octanol–water partition coefficient (Wildman–Crippen LogP) is 1.67. The molecule has 2 aromatic rings. The van der Waals surface area contributed by atoms with Gasteiger partial charge in [0, 0.05) is 39.0 Å². The van der Waals surface area contributed by atoms with Crippen LogP contribution in [0.2, 0.25) is 0 Å². The van der Waals surface area contributed by atoms with Crippen molar-refractivity contribution in [3.63, 3.8) is 0 Å². The predicted molar refractivity (Wildman–Crippen MR) is 92.4 cm³/mol. The van der Waals surface area contributed by atoms with Gasteiger partial charge in [0.1, 0.15) is 5.69 Å². The van der Waals surface area contributed by atoms with Crippen molar-refractivity contribution in [3.05, 3.63) is 48.5 Å². The molecule has 0 atom stereocenters. The molecule has 0 aliphatic carbocycles. The monoisotopic (exact) mass is 328 g/mol. The fraction of sp³-hybridized carbons (Fsp3) is 0.444. The Morgan fingerprint density at radius 1 is 1.17 bits per heavy atom. The van der Waals surface area contributed by atoms with Crippen molar-refractivity contribution in [2.45, 2.75) is 6.42 Å². The summed E-state index contributed by atoms with van der Waals surface area (Å²) in [4.78, 5) is 21.4. The summed E-state index contributed by atoms with van der Waals surface area (Å²) >= 11 is 0. The van der Waals surface area contributed by atoms with E-state index in [4.69, 9.17) is 4.74 Å². The number of amides is 1. The van der Waals surface area contributed by atoms with Crippen LogP contribution in [0.25, 0.3) is 5.69 Å². The van der Waals surface area contributed by atoms with E-state index in [9.17, 15) is 4.79 Å². The van der Waals surface area contributed by atoms with Crippen LogP contribution in [-0.4, -0.2) is 71.7 Å². The maximum absolute atomic E-state index is 13.0. The van der Waals surface area contributed by atoms with Crippen LogP contribution in [0, 0.1) is 0 Å². The highest BCUT2D eigenvalue weighted by Crippen LogP contribution is 2.14. The van der Waals surface area contributed by atoms with Gasteiger partial charge >= 0.3 is 0 Å². The van der Waals surface area contributed by atoms with Crippen molar-refractivity contribution in [2.24, 2.45) is 0 Å². The van der Waals surface area contributed by atoms with E-state index in [-0.39, 0.29) is 5.91 Å². The number of aromatic nitrogens is 2. The fourth-order valence-corrected chi connectivity index (χ4v) is 3.03. The molecule has 1 aromatic carbocycles. The molecule has 0 unspecified atom stereocenters. The molecule has 6 heteroatoms. The van der Waals surface area contributed by atoms with Gasteiger partial charge in [0.05, 0.1) is 19.1 Å². The average molecular weight is 328 g/mol. The molecule has 0 spiro atoms. The zero-order chi connectivity index (χ0) is 16.8. The molecule has 24 heavy (non-hydrogen) atoms. The van der Waals surface area contributed by atoms with Gasteiger partial charge < -0.3 is 9.64 Å². The molecule has 0 radical (unpaired) electrons. The van der Waals surface area contributed by atoms with Crippen LogP contribution in [0.3, 0.4) is 0 Å². The Labute approximate surface area is 142 Å². The largest absolute Gasteiger partial charge is 0.383 e. The Morgan fingerprint density at radius 3 is 2.79 bits per heavy atom. The second kappa shape index (κ2) is 8.08. The lowest BCUT2D eigenvalue weighted by atomic mass is 10.3. The number of carbonyl (C=O) groups is 1. The van der Waals surface area contributed by atoms with Crippen molar-refractivity contribution >= 4 is 5.91 Å². The Kier molecular flexibility index (Phi) is 5.61. The number of hydrogen-bond donors (Lipinski definition) is 0. The van der Waals surface area contributed by atoms with E-state index in [1.54, 1.807) is 19.6 Å². The van der Waals surface area contributed by atoms with Crippen molar-refractivity contribution in [3.8, 4) is 5.69 Å². The number of carbonyl (C=O) groups excluding carboxylic acids is 1. The third kappa shape index (κ3) is 3.83. The Hall–Kier alpha value is -2.18. The Morgan fingerprint density at radius 2 is 2.00 bits per heavy atom. The molecular formula is C18H24N4O2. The van der Waals surface area contributed by atoms with E-state index in [0.29, 0.717) is 5.69 Å². The van der Waals surface area contributed by atoms with E-state index in [0.717, 1.165) is 51.4 Å². The molecular weight excluding hydrogens is 304 g/mol. The highest BCUT2D eigenvalue weighted by Gasteiger charge is 2.23. The third-order valence-corrected chi connectivity index (χ3v) is 4.38. The van der Waals surface area contributed by atoms with Gasteiger partial charge in [-0.15, -0.1) is 0 Å². The molecule has 1 aliphatic rings. The molecule has 2 heterocycles. The van der Waals surface area contributed by atoms with Gasteiger partial charge in [0.2, 0.25) is 0 Å². The summed E-state index contributed by atoms with van der Waals surface area (Å²) in [5, 5.41) is 0. The van der Waals surface area contributed by atoms with E-state index >= 15 is 0 Å². The van der Waals surface area contributed by atoms with Crippen molar-refractivity contribution in [1.82, 2.24) is 19.4 Å². The molecule has 6 nitrogen and oxygen atoms in total. The number of benzene rings is 1. The van der Waals surface area contributed by atoms with Crippen LogP contribution in [-0.2, 0) is 4.74 Å². The lowest BCUT2D eigenvalue weighted by Gasteiger charge is -2.22. The van der Waals surface area contributed by atoms with Crippen LogP contribution in [0.5, 0.6) is 0 Å². The second-order valence-electron chi connectivity index (χ2n) is 5.96. The van der Waals surface area contributed by atoms with E-state index in [1.165, 1.54) is 0 Å². The van der Waals surface area contributed by atoms with Gasteiger partial charge in [-0.1, -0.05) is 18.2 Å². The minimum absolute atomic E-state index is 0.0462. The molecule has 0 bridgehead atoms. The number of para-hydroxylation sites is 1. The summed E-state index contributed by atoms with van der Waals surface area (Å²) in [6.07, 6.45) is 4.34. The highest BCUT2D eigenvalue weighted by molar-refractivity contribution is 5.93. The van der Waals surface area contributed by atoms with Crippen molar-refractivity contribution in [1.29, 1.82) is 0 Å². The zero-order valence-electron chi connectivity index (χ0n) is 14.1. The minimum Gasteiger partial charge on any atom is -0.383 e. The molecule has 3 rings (SSSR count). The van der Waals surface area contributed by atoms with Crippen molar-refractivity contribution in [2.75, 3.05) is 46.4 Å². The molecule has 1 aromatic heterocycles. The minimum atomic E-state index is 0.0462. The standard InChI is InChI=1S/C18H24N4O2/c1-24-13-12-20-8-5-9-21(11-10-20)18(23)17-14-19-15-22(17)16-6-3-2-4-7-16/h2-4,6-7,14-15H,5,8-13H2,1H3. The first-order valence-electron chi connectivity index (χ1n) is 8.38. The number of methoxy groups -OCH3 is 1. The lowest BCUT2D eigenvalue weighted by Crippen LogP contribution is -2.36. The van der Waals surface area contributed by atoms with Gasteiger partial charge in [0.15, 0.2) is 0 Å². The van der Waals surface area contributed by atoms with E-state index in [2.05, 4.69) is 9.88 Å². The molecule has 1 fully saturated rings. The summed E-state index contributed by atoms with van der Waals surface area (Å²) in [5.41, 5.74) is 1.57. The molecule has 1 aliphatic heterocycles. The summed E-state index contributed by atoms with van der Waals surface area (Å²) < 4.78 is 7.01. The van der Waals surface area contributed by atoms with Gasteiger partial charge in [-0.3, -0.25) is 14.3 Å². The first-order chi connectivity index (χ1) is 11.8. The summed E-state index contributed by atoms with van der Waals surface area (Å²) in [6, 6.07) is 9.85. The number of imidazole rings is 1. The van der Waals surface area contributed by atoms with Gasteiger partial charge in [-0.05, 0) is 25.1 Å². The average Bonchev–Trinajstić information content (AvgIpc) is 2.99. The molecule has 0 N–H and O–H groups in total. The highest BCUT2D eigenvalue weighted by atomic mass is 16.5. The quantitative estimate of drug-likeness (QED) is 0.838. The van der Waals surface area contributed by atoms with Gasteiger partial charge in [0.25, 0.3) is 5.91 Å². The van der Waals surface area contributed by atoms with Crippen LogP contribution < -0.4 is 0 Å². The summed E-state index contributed by atoms with van der Waals surface area (Å²) in [6.45, 7) is 5.06. The number of ether oxygens (including phenoxy) is 1. The first kappa shape index (κ1) is 16.7. The topological polar surface area (TPSA) is 50.6 Å². The number of nitrogens with zero attached hydrogens (tertiary/aromatic N) is 4. The third-order valence-electron chi connectivity index (χ3n) is 4.38. The van der Waals surface area contributed by atoms with Crippen molar-refractivity contribution < 1.29 is 9.53 Å². The number of hydrogen-bond acceptors (Lipinski definition) is 4. The molecule has 1 amide bonds. The smallest absolute Gasteiger partial charge is 0.272 e. The molecule has 0 saturated carbocycles. The van der Waals surface area contributed by atoms with Crippen LogP contribution in [0.1, 0.15) is 16.9 Å². The van der Waals surface area contributed by atoms with E-state index in [1.807, 2.05) is 39.8 Å². The lowest BCUT2D eigenvalue weighted by molar-refractivity contribution is 0.0751. The SMILES string of the molecule is COCCN1CCCN(C(=O)c2cncn2-c2ccccc2)CC1. The normalized spacial score (nSPS) is 16.1. The van der Waals surface area contributed by atoms with Crippen LogP contribution >= 0.6 is 0 Å². The van der Waals surface area contributed by atoms with Crippen LogP contribution in [0.4, 0.5) is 0 Å². The van der Waals surface area contributed by atoms with Crippen LogP contribution in [0.15, 0.2) is 42.9 Å². The van der Waals surface area contributed by atoms with E-state index < -0.39 is 0 Å². The maximum atomic E-state index is 13.0. The number of rotatable bonds is 5. The zero-order valence-corrected chi connectivity index (χ0v) is 14.1. The molecule has 1 saturated heterocycles. The Bertz CT molecular complexity index is 656. The Balaban J connectivity index is 1.70. The summed E-state index contributed by atoms with van der Waals surface area (Å²) in [5.74, 6) is 0.0462. The summed E-state index contributed by atoms with van der Waals surface area (Å²) in [7, 11) is 1.72. The van der Waals surface area contributed by atoms with Gasteiger partial charge in [-0.25, -0.2) is 4.98 Å².